The maximum Gasteiger partial charge on any atom is 0.245 e. The smallest absolute Gasteiger partial charge is 0.245 e. The van der Waals surface area contributed by atoms with Crippen LogP contribution >= 0.6 is 0 Å². The molecule has 304 valence electrons. The molecule has 1 aliphatic rings. The third kappa shape index (κ3) is 13.3. The first-order chi connectivity index (χ1) is 27.7. The molecule has 5 rings (SSSR count). The Morgan fingerprint density at radius 3 is 2.04 bits per heavy atom. The summed E-state index contributed by atoms with van der Waals surface area (Å²) in [6.07, 6.45) is 5.76. The average Bonchev–Trinajstić information content (AvgIpc) is 3.63. The Hall–Kier alpha value is -5.53. The maximum absolute atomic E-state index is 14.4. The molecule has 3 aromatic carbocycles. The van der Waals surface area contributed by atoms with Gasteiger partial charge in [-0.2, -0.15) is 0 Å². The fraction of sp³-hybridized carbons (Fsp3) is 0.432. The highest BCUT2D eigenvalue weighted by molar-refractivity contribution is 5.96. The zero-order valence-electron chi connectivity index (χ0n) is 32.8. The van der Waals surface area contributed by atoms with Gasteiger partial charge in [0, 0.05) is 42.9 Å². The molecular weight excluding hydrogens is 723 g/mol. The zero-order chi connectivity index (χ0) is 40.4. The van der Waals surface area contributed by atoms with E-state index in [9.17, 15) is 24.0 Å². The zero-order valence-corrected chi connectivity index (χ0v) is 32.8. The minimum atomic E-state index is -1.13. The number of H-pyrrole nitrogens is 1. The Morgan fingerprint density at radius 1 is 0.667 bits per heavy atom. The van der Waals surface area contributed by atoms with Crippen molar-refractivity contribution >= 4 is 40.4 Å². The van der Waals surface area contributed by atoms with E-state index >= 15 is 0 Å². The Morgan fingerprint density at radius 2 is 1.30 bits per heavy atom. The topological polar surface area (TPSA) is 197 Å². The van der Waals surface area contributed by atoms with Crippen LogP contribution in [-0.4, -0.2) is 77.9 Å². The second-order valence-electron chi connectivity index (χ2n) is 14.7. The van der Waals surface area contributed by atoms with E-state index in [0.717, 1.165) is 40.4 Å². The summed E-state index contributed by atoms with van der Waals surface area (Å²) in [5, 5.41) is 15.5. The first kappa shape index (κ1) is 42.6. The number of unbranched alkanes of at least 4 members (excludes halogenated alkanes) is 1. The molecular formula is C44H57N7O6. The number of hydrogen-bond acceptors (Lipinski definition) is 7. The van der Waals surface area contributed by atoms with Crippen molar-refractivity contribution in [2.75, 3.05) is 13.1 Å². The molecule has 5 unspecified atom stereocenters. The molecule has 0 radical (unpaired) electrons. The molecule has 1 aromatic heterocycles. The monoisotopic (exact) mass is 779 g/mol. The van der Waals surface area contributed by atoms with Crippen LogP contribution in [0, 0.1) is 0 Å². The van der Waals surface area contributed by atoms with Crippen molar-refractivity contribution in [1.29, 1.82) is 0 Å². The van der Waals surface area contributed by atoms with Gasteiger partial charge in [-0.25, -0.2) is 0 Å². The molecule has 13 nitrogen and oxygen atoms in total. The van der Waals surface area contributed by atoms with Crippen molar-refractivity contribution in [3.8, 4) is 0 Å². The van der Waals surface area contributed by atoms with Crippen LogP contribution in [0.5, 0.6) is 0 Å². The molecule has 1 aliphatic heterocycles. The molecule has 0 bridgehead atoms. The summed E-state index contributed by atoms with van der Waals surface area (Å²) in [6, 6.07) is 22.4. The van der Waals surface area contributed by atoms with Gasteiger partial charge < -0.3 is 42.0 Å². The lowest BCUT2D eigenvalue weighted by molar-refractivity contribution is -0.136. The van der Waals surface area contributed by atoms with E-state index in [-0.39, 0.29) is 38.2 Å². The predicted octanol–water partition coefficient (Wildman–Crippen LogP) is 3.71. The first-order valence-electron chi connectivity index (χ1n) is 20.1. The van der Waals surface area contributed by atoms with Crippen LogP contribution < -0.4 is 32.3 Å². The number of hydrogen-bond donors (Lipinski definition) is 7. The fourth-order valence-electron chi connectivity index (χ4n) is 7.00. The molecule has 1 saturated heterocycles. The van der Waals surface area contributed by atoms with Crippen LogP contribution in [0.3, 0.4) is 0 Å². The van der Waals surface area contributed by atoms with Crippen LogP contribution in [0.25, 0.3) is 10.9 Å². The van der Waals surface area contributed by atoms with Crippen LogP contribution in [0.1, 0.15) is 75.0 Å². The number of fused-ring (bicyclic) bond motifs is 1. The van der Waals surface area contributed by atoms with Gasteiger partial charge in [-0.05, 0) is 68.3 Å². The molecule has 5 amide bonds. The highest BCUT2D eigenvalue weighted by Crippen LogP contribution is 2.20. The highest BCUT2D eigenvalue weighted by Gasteiger charge is 2.34. The van der Waals surface area contributed by atoms with E-state index in [1.807, 2.05) is 84.9 Å². The summed E-state index contributed by atoms with van der Waals surface area (Å²) in [5.41, 5.74) is 9.23. The molecule has 8 N–H and O–H groups in total. The third-order valence-corrected chi connectivity index (χ3v) is 10.3. The number of benzene rings is 3. The van der Waals surface area contributed by atoms with Gasteiger partial charge in [0.05, 0.1) is 12.7 Å². The van der Waals surface area contributed by atoms with Gasteiger partial charge in [0.1, 0.15) is 24.2 Å². The average molecular weight is 780 g/mol. The van der Waals surface area contributed by atoms with E-state index in [2.05, 4.69) is 31.6 Å². The van der Waals surface area contributed by atoms with Gasteiger partial charge in [-0.1, -0.05) is 91.7 Å². The van der Waals surface area contributed by atoms with Gasteiger partial charge >= 0.3 is 0 Å². The summed E-state index contributed by atoms with van der Waals surface area (Å²) < 4.78 is 6.12. The normalized spacial score (nSPS) is 21.4. The van der Waals surface area contributed by atoms with E-state index in [1.54, 1.807) is 13.1 Å². The number of ether oxygens (including phenoxy) is 1. The van der Waals surface area contributed by atoms with Crippen molar-refractivity contribution in [2.45, 2.75) is 108 Å². The quantitative estimate of drug-likeness (QED) is 0.107. The number of aromatic amines is 1. The largest absolute Gasteiger partial charge is 0.371 e. The van der Waals surface area contributed by atoms with E-state index in [0.29, 0.717) is 38.8 Å². The van der Waals surface area contributed by atoms with Crippen molar-refractivity contribution in [3.63, 3.8) is 0 Å². The number of aromatic nitrogens is 1. The lowest BCUT2D eigenvalue weighted by Crippen LogP contribution is -2.60. The molecule has 5 atom stereocenters. The van der Waals surface area contributed by atoms with E-state index < -0.39 is 53.9 Å². The molecule has 1 fully saturated rings. The van der Waals surface area contributed by atoms with Crippen molar-refractivity contribution in [3.05, 3.63) is 108 Å². The molecule has 4 aromatic rings. The van der Waals surface area contributed by atoms with Gasteiger partial charge in [0.2, 0.25) is 29.5 Å². The fourth-order valence-corrected chi connectivity index (χ4v) is 7.00. The van der Waals surface area contributed by atoms with Crippen LogP contribution in [0.4, 0.5) is 0 Å². The Balaban J connectivity index is 1.45. The lowest BCUT2D eigenvalue weighted by Gasteiger charge is -2.29. The SMILES string of the molecule is CC(OCc1ccccc1)C1NC(=O)C(CCCCN)NC(=O)C(Cc2c[nH]c3ccccc23)NC(=O)C(Cc2ccccc2)NC(=O)CCCCCCNC1=O. The Bertz CT molecular complexity index is 1900. The summed E-state index contributed by atoms with van der Waals surface area (Å²) >= 11 is 0. The highest BCUT2D eigenvalue weighted by atomic mass is 16.5. The molecule has 0 aliphatic carbocycles. The number of rotatable bonds is 12. The third-order valence-electron chi connectivity index (χ3n) is 10.3. The number of nitrogens with two attached hydrogens (primary N) is 1. The second-order valence-corrected chi connectivity index (χ2v) is 14.7. The molecule has 13 heteroatoms. The number of nitrogens with one attached hydrogen (secondary N) is 6. The summed E-state index contributed by atoms with van der Waals surface area (Å²) in [4.78, 5) is 73.0. The Kier molecular flexibility index (Phi) is 16.6. The molecule has 0 spiro atoms. The Labute approximate surface area is 334 Å². The van der Waals surface area contributed by atoms with Gasteiger partial charge in [0.15, 0.2) is 0 Å². The van der Waals surface area contributed by atoms with Gasteiger partial charge in [0.25, 0.3) is 0 Å². The summed E-state index contributed by atoms with van der Waals surface area (Å²) in [7, 11) is 0. The number of carbonyl (C=O) groups excluding carboxylic acids is 5. The van der Waals surface area contributed by atoms with Crippen molar-refractivity contribution in [2.24, 2.45) is 5.73 Å². The molecule has 0 saturated carbocycles. The number of carbonyl (C=O) groups is 5. The minimum absolute atomic E-state index is 0.0973. The number of amides is 5. The van der Waals surface area contributed by atoms with E-state index in [1.165, 1.54) is 0 Å². The van der Waals surface area contributed by atoms with Crippen molar-refractivity contribution in [1.82, 2.24) is 31.6 Å². The summed E-state index contributed by atoms with van der Waals surface area (Å²) in [5.74, 6) is -2.34. The van der Waals surface area contributed by atoms with Crippen molar-refractivity contribution < 1.29 is 28.7 Å². The molecule has 57 heavy (non-hydrogen) atoms. The minimum Gasteiger partial charge on any atom is -0.371 e. The maximum atomic E-state index is 14.4. The second kappa shape index (κ2) is 22.3. The van der Waals surface area contributed by atoms with E-state index in [4.69, 9.17) is 10.5 Å². The standard InChI is InChI=1S/C44H57N7O6/c1-30(57-29-32-18-8-5-9-19-32)40-44(56)46-25-15-3-2-10-23-39(52)48-37(26-31-16-6-4-7-17-31)42(54)50-38(27-33-28-47-35-21-12-11-20-34(33)35)43(55)49-36(41(53)51-40)22-13-14-24-45/h4-9,11-12,16-21,28,30,36-38,40,47H,2-3,10,13-15,22-27,29,45H2,1H3,(H,46,56)(H,48,52)(H,49,55)(H,50,54)(H,51,53). The van der Waals surface area contributed by atoms with Crippen LogP contribution in [0.15, 0.2) is 91.1 Å². The van der Waals surface area contributed by atoms with Gasteiger partial charge in [-0.15, -0.1) is 0 Å². The predicted molar refractivity (Wildman–Crippen MR) is 220 cm³/mol. The van der Waals surface area contributed by atoms with Gasteiger partial charge in [-0.3, -0.25) is 24.0 Å². The van der Waals surface area contributed by atoms with Crippen LogP contribution in [-0.2, 0) is 48.2 Å². The lowest BCUT2D eigenvalue weighted by atomic mass is 10.0. The number of para-hydroxylation sites is 1. The van der Waals surface area contributed by atoms with Crippen LogP contribution in [0.2, 0.25) is 0 Å². The molecule has 2 heterocycles. The summed E-state index contributed by atoms with van der Waals surface area (Å²) in [6.45, 7) is 2.73. The first-order valence-corrected chi connectivity index (χ1v) is 20.1.